The van der Waals surface area contributed by atoms with Gasteiger partial charge in [-0.15, -0.1) is 0 Å². The second-order valence-corrected chi connectivity index (χ2v) is 8.74. The van der Waals surface area contributed by atoms with Gasteiger partial charge in [-0.1, -0.05) is 31.2 Å². The third-order valence-electron chi connectivity index (χ3n) is 5.28. The van der Waals surface area contributed by atoms with Crippen molar-refractivity contribution in [2.24, 2.45) is 10.1 Å². The molecule has 0 saturated heterocycles. The molecule has 0 unspecified atom stereocenters. The van der Waals surface area contributed by atoms with E-state index in [0.717, 1.165) is 33.9 Å². The third kappa shape index (κ3) is 5.22. The number of carbonyl (C=O) groups is 1. The number of carbonyl (C=O) groups excluding carboxylic acids is 1. The molecule has 0 radical (unpaired) electrons. The molecule has 4 rings (SSSR count). The maximum atomic E-state index is 12.5. The molecule has 1 amide bonds. The Hall–Kier alpha value is -3.26. The molecule has 0 saturated carbocycles. The molecule has 2 aliphatic heterocycles. The number of fused-ring (bicyclic) bond motifs is 1. The summed E-state index contributed by atoms with van der Waals surface area (Å²) in [6.45, 7) is 7.30. The fraction of sp³-hybridized carbons (Fsp3) is 0.320. The van der Waals surface area contributed by atoms with Crippen molar-refractivity contribution in [3.8, 4) is 17.2 Å². The molecule has 0 bridgehead atoms. The van der Waals surface area contributed by atoms with Gasteiger partial charge in [0.05, 0.1) is 13.7 Å². The number of amides is 1. The Bertz CT molecular complexity index is 1140. The lowest BCUT2D eigenvalue weighted by Gasteiger charge is -2.19. The minimum Gasteiger partial charge on any atom is -0.493 e. The molecule has 2 aliphatic rings. The summed E-state index contributed by atoms with van der Waals surface area (Å²) >= 11 is 1.46. The number of thioether (sulfide) groups is 1. The highest BCUT2D eigenvalue weighted by Gasteiger charge is 2.30. The van der Waals surface area contributed by atoms with Crippen LogP contribution in [0.4, 0.5) is 0 Å². The number of aliphatic imine (C=N–C) groups is 1. The molecule has 2 heterocycles. The Morgan fingerprint density at radius 2 is 1.85 bits per heavy atom. The van der Waals surface area contributed by atoms with Crippen molar-refractivity contribution in [2.75, 3.05) is 26.9 Å². The molecular formula is C25H27N3O4S. The van der Waals surface area contributed by atoms with Crippen molar-refractivity contribution in [1.29, 1.82) is 0 Å². The van der Waals surface area contributed by atoms with Gasteiger partial charge in [-0.3, -0.25) is 4.79 Å². The molecule has 8 heteroatoms. The standard InChI is InChI=1S/C25H27N3O4S/c1-5-22-27-28-15-19(24(29)26-25(28)33-22)13-18-9-10-20(21(14-18)30-4)31-11-12-32-23-16(2)7-6-8-17(23)3/h6-10,13-14H,5,11-12,15H2,1-4H3/b19-13-. The third-order valence-corrected chi connectivity index (χ3v) is 6.37. The molecule has 33 heavy (non-hydrogen) atoms. The summed E-state index contributed by atoms with van der Waals surface area (Å²) in [5.41, 5.74) is 3.61. The van der Waals surface area contributed by atoms with Gasteiger partial charge in [0, 0.05) is 5.57 Å². The van der Waals surface area contributed by atoms with Crippen molar-refractivity contribution in [1.82, 2.24) is 5.01 Å². The number of benzene rings is 2. The Balaban J connectivity index is 1.41. The van der Waals surface area contributed by atoms with E-state index in [4.69, 9.17) is 14.2 Å². The minimum atomic E-state index is -0.232. The van der Waals surface area contributed by atoms with E-state index >= 15 is 0 Å². The van der Waals surface area contributed by atoms with Crippen LogP contribution < -0.4 is 14.2 Å². The minimum absolute atomic E-state index is 0.232. The molecule has 0 spiro atoms. The summed E-state index contributed by atoms with van der Waals surface area (Å²) in [7, 11) is 1.59. The maximum absolute atomic E-state index is 12.5. The van der Waals surface area contributed by atoms with E-state index in [9.17, 15) is 4.79 Å². The van der Waals surface area contributed by atoms with Gasteiger partial charge in [-0.05, 0) is 66.9 Å². The fourth-order valence-corrected chi connectivity index (χ4v) is 4.43. The highest BCUT2D eigenvalue weighted by molar-refractivity contribution is 8.26. The van der Waals surface area contributed by atoms with Gasteiger partial charge in [0.2, 0.25) is 0 Å². The van der Waals surface area contributed by atoms with Crippen molar-refractivity contribution in [2.45, 2.75) is 27.2 Å². The zero-order valence-electron chi connectivity index (χ0n) is 19.3. The van der Waals surface area contributed by atoms with Crippen LogP contribution in [0.3, 0.4) is 0 Å². The van der Waals surface area contributed by atoms with Crippen LogP contribution >= 0.6 is 11.8 Å². The molecule has 0 atom stereocenters. The van der Waals surface area contributed by atoms with Crippen LogP contribution in [-0.2, 0) is 4.79 Å². The number of rotatable bonds is 8. The van der Waals surface area contributed by atoms with Gasteiger partial charge in [-0.2, -0.15) is 10.1 Å². The number of ether oxygens (including phenoxy) is 3. The maximum Gasteiger partial charge on any atom is 0.277 e. The first-order valence-corrected chi connectivity index (χ1v) is 11.7. The number of hydrogen-bond donors (Lipinski definition) is 0. The molecule has 0 N–H and O–H groups in total. The number of nitrogens with zero attached hydrogens (tertiary/aromatic N) is 3. The Labute approximate surface area is 198 Å². The zero-order valence-corrected chi connectivity index (χ0v) is 20.1. The van der Waals surface area contributed by atoms with Gasteiger partial charge in [0.1, 0.15) is 24.0 Å². The second kappa shape index (κ2) is 10.1. The first-order chi connectivity index (χ1) is 16.0. The molecule has 172 valence electrons. The van der Waals surface area contributed by atoms with E-state index in [0.29, 0.717) is 42.0 Å². The molecule has 2 aromatic rings. The quantitative estimate of drug-likeness (QED) is 0.411. The van der Waals surface area contributed by atoms with Crippen LogP contribution in [0.1, 0.15) is 30.0 Å². The highest BCUT2D eigenvalue weighted by Crippen LogP contribution is 2.31. The first kappa shape index (κ1) is 22.9. The Kier molecular flexibility index (Phi) is 7.03. The average molecular weight is 466 g/mol. The number of amidine groups is 1. The molecule has 7 nitrogen and oxygen atoms in total. The summed E-state index contributed by atoms with van der Waals surface area (Å²) < 4.78 is 17.3. The van der Waals surface area contributed by atoms with E-state index in [1.807, 2.05) is 63.2 Å². The summed E-state index contributed by atoms with van der Waals surface area (Å²) in [5.74, 6) is 1.87. The van der Waals surface area contributed by atoms with Crippen LogP contribution in [-0.4, -0.2) is 48.0 Å². The Morgan fingerprint density at radius 3 is 2.58 bits per heavy atom. The van der Waals surface area contributed by atoms with Crippen LogP contribution in [0, 0.1) is 13.8 Å². The lowest BCUT2D eigenvalue weighted by Crippen LogP contribution is -2.30. The summed E-state index contributed by atoms with van der Waals surface area (Å²) in [6, 6.07) is 11.7. The SMILES string of the molecule is CCC1=NN2C/C(=C/c3ccc(OCCOc4c(C)cccc4C)c(OC)c3)C(=O)N=C2S1. The molecule has 0 aromatic heterocycles. The number of hydrogen-bond acceptors (Lipinski definition) is 7. The summed E-state index contributed by atoms with van der Waals surface area (Å²) in [4.78, 5) is 16.7. The topological polar surface area (TPSA) is 72.7 Å². The van der Waals surface area contributed by atoms with Crippen LogP contribution in [0.5, 0.6) is 17.2 Å². The zero-order chi connectivity index (χ0) is 23.4. The fourth-order valence-electron chi connectivity index (χ4n) is 3.59. The predicted octanol–water partition coefficient (Wildman–Crippen LogP) is 4.82. The van der Waals surface area contributed by atoms with Gasteiger partial charge in [-0.25, -0.2) is 5.01 Å². The predicted molar refractivity (Wildman–Crippen MR) is 132 cm³/mol. The highest BCUT2D eigenvalue weighted by atomic mass is 32.2. The summed E-state index contributed by atoms with van der Waals surface area (Å²) in [5, 5.41) is 7.91. The number of hydrazone groups is 1. The molecular weight excluding hydrogens is 438 g/mol. The number of para-hydroxylation sites is 1. The van der Waals surface area contributed by atoms with Crippen LogP contribution in [0.2, 0.25) is 0 Å². The number of methoxy groups -OCH3 is 1. The monoisotopic (exact) mass is 465 g/mol. The van der Waals surface area contributed by atoms with Gasteiger partial charge in [0.15, 0.2) is 16.7 Å². The summed E-state index contributed by atoms with van der Waals surface area (Å²) in [6.07, 6.45) is 2.64. The normalized spacial score (nSPS) is 16.4. The van der Waals surface area contributed by atoms with E-state index in [-0.39, 0.29) is 5.91 Å². The van der Waals surface area contributed by atoms with Gasteiger partial charge in [0.25, 0.3) is 5.91 Å². The molecule has 0 fully saturated rings. The van der Waals surface area contributed by atoms with E-state index in [2.05, 4.69) is 10.1 Å². The van der Waals surface area contributed by atoms with Crippen molar-refractivity contribution < 1.29 is 19.0 Å². The van der Waals surface area contributed by atoms with Crippen molar-refractivity contribution >= 4 is 34.0 Å². The van der Waals surface area contributed by atoms with Gasteiger partial charge < -0.3 is 14.2 Å². The van der Waals surface area contributed by atoms with Crippen LogP contribution in [0.25, 0.3) is 6.08 Å². The first-order valence-electron chi connectivity index (χ1n) is 10.8. The molecule has 2 aromatic carbocycles. The van der Waals surface area contributed by atoms with E-state index in [1.165, 1.54) is 11.8 Å². The Morgan fingerprint density at radius 1 is 1.09 bits per heavy atom. The second-order valence-electron chi connectivity index (χ2n) is 7.70. The van der Waals surface area contributed by atoms with Crippen molar-refractivity contribution in [3.63, 3.8) is 0 Å². The lowest BCUT2D eigenvalue weighted by atomic mass is 10.1. The molecule has 0 aliphatic carbocycles. The van der Waals surface area contributed by atoms with Crippen molar-refractivity contribution in [3.05, 3.63) is 58.7 Å². The largest absolute Gasteiger partial charge is 0.493 e. The average Bonchev–Trinajstić information content (AvgIpc) is 3.21. The van der Waals surface area contributed by atoms with Crippen LogP contribution in [0.15, 0.2) is 52.1 Å². The van der Waals surface area contributed by atoms with E-state index in [1.54, 1.807) is 12.1 Å². The van der Waals surface area contributed by atoms with E-state index < -0.39 is 0 Å². The lowest BCUT2D eigenvalue weighted by molar-refractivity contribution is -0.114. The number of aryl methyl sites for hydroxylation is 2. The van der Waals surface area contributed by atoms with Gasteiger partial charge >= 0.3 is 0 Å². The smallest absolute Gasteiger partial charge is 0.277 e.